The van der Waals surface area contributed by atoms with Crippen LogP contribution in [0.1, 0.15) is 29.8 Å². The molecule has 6 heteroatoms. The normalized spacial score (nSPS) is 17.3. The zero-order valence-corrected chi connectivity index (χ0v) is 15.5. The zero-order valence-electron chi connectivity index (χ0n) is 15.5. The first-order valence-electron chi connectivity index (χ1n) is 9.28. The summed E-state index contributed by atoms with van der Waals surface area (Å²) in [6, 6.07) is 15.6. The van der Waals surface area contributed by atoms with Crippen molar-refractivity contribution < 1.29 is 17.9 Å². The molecule has 3 aromatic rings. The summed E-state index contributed by atoms with van der Waals surface area (Å²) in [6.45, 7) is 3.55. The van der Waals surface area contributed by atoms with Crippen molar-refractivity contribution in [3.05, 3.63) is 83.7 Å². The van der Waals surface area contributed by atoms with Crippen molar-refractivity contribution >= 4 is 5.69 Å². The van der Waals surface area contributed by atoms with Gasteiger partial charge in [0.1, 0.15) is 0 Å². The van der Waals surface area contributed by atoms with Crippen molar-refractivity contribution in [2.45, 2.75) is 25.7 Å². The number of anilines is 1. The van der Waals surface area contributed by atoms with Gasteiger partial charge in [0.2, 0.25) is 0 Å². The molecule has 0 saturated carbocycles. The Bertz CT molecular complexity index is 930. The fraction of sp³-hybridized carbons (Fsp3) is 0.273. The van der Waals surface area contributed by atoms with E-state index in [1.165, 1.54) is 17.7 Å². The second-order valence-corrected chi connectivity index (χ2v) is 6.83. The van der Waals surface area contributed by atoms with Gasteiger partial charge in [0.25, 0.3) is 0 Å². The van der Waals surface area contributed by atoms with Crippen LogP contribution in [0.5, 0.6) is 0 Å². The Morgan fingerprint density at radius 3 is 2.29 bits per heavy atom. The van der Waals surface area contributed by atoms with Crippen LogP contribution in [0.15, 0.2) is 67.0 Å². The minimum atomic E-state index is -4.33. The molecule has 0 amide bonds. The number of hydrogen-bond acceptors (Lipinski definition) is 2. The maximum atomic E-state index is 12.8. The van der Waals surface area contributed by atoms with E-state index in [9.17, 15) is 13.2 Å². The number of alkyl halides is 3. The third kappa shape index (κ3) is 3.64. The molecule has 0 bridgehead atoms. The van der Waals surface area contributed by atoms with Crippen molar-refractivity contribution in [1.82, 2.24) is 4.57 Å². The smallest absolute Gasteiger partial charge is 0.352 e. The average Bonchev–Trinajstić information content (AvgIpc) is 3.37. The van der Waals surface area contributed by atoms with E-state index in [4.69, 9.17) is 4.74 Å². The Balaban J connectivity index is 1.56. The number of ether oxygens (including phenoxy) is 1. The molecule has 1 aliphatic rings. The molecule has 0 aliphatic carbocycles. The lowest BCUT2D eigenvalue weighted by molar-refractivity contribution is -0.137. The summed E-state index contributed by atoms with van der Waals surface area (Å²) in [7, 11) is 0. The van der Waals surface area contributed by atoms with Gasteiger partial charge < -0.3 is 14.2 Å². The van der Waals surface area contributed by atoms with Crippen LogP contribution in [-0.4, -0.2) is 17.7 Å². The summed E-state index contributed by atoms with van der Waals surface area (Å²) in [5.41, 5.74) is 3.38. The first kappa shape index (κ1) is 18.6. The highest BCUT2D eigenvalue weighted by atomic mass is 19.4. The Morgan fingerprint density at radius 2 is 1.64 bits per heavy atom. The van der Waals surface area contributed by atoms with Crippen molar-refractivity contribution in [3.8, 4) is 5.69 Å². The first-order valence-corrected chi connectivity index (χ1v) is 9.28. The Kier molecular flexibility index (Phi) is 4.89. The van der Waals surface area contributed by atoms with E-state index in [0.717, 1.165) is 36.3 Å². The van der Waals surface area contributed by atoms with Crippen LogP contribution in [0.25, 0.3) is 5.69 Å². The van der Waals surface area contributed by atoms with Crippen LogP contribution in [0.4, 0.5) is 18.9 Å². The lowest BCUT2D eigenvalue weighted by atomic mass is 10.1. The second kappa shape index (κ2) is 7.36. The molecule has 1 aliphatic heterocycles. The second-order valence-electron chi connectivity index (χ2n) is 6.83. The molecule has 1 saturated heterocycles. The van der Waals surface area contributed by atoms with E-state index in [1.807, 2.05) is 23.0 Å². The number of hydrogen-bond donors (Lipinski definition) is 0. The quantitative estimate of drug-likeness (QED) is 0.581. The lowest BCUT2D eigenvalue weighted by Crippen LogP contribution is -2.22. The summed E-state index contributed by atoms with van der Waals surface area (Å²) in [5, 5.41) is 0. The Morgan fingerprint density at radius 1 is 0.964 bits per heavy atom. The van der Waals surface area contributed by atoms with Gasteiger partial charge in [-0.2, -0.15) is 13.2 Å². The molecule has 0 spiro atoms. The fourth-order valence-electron chi connectivity index (χ4n) is 3.48. The van der Waals surface area contributed by atoms with E-state index >= 15 is 0 Å². The molecule has 1 fully saturated rings. The predicted octanol–water partition coefficient (Wildman–Crippen LogP) is 5.59. The van der Waals surface area contributed by atoms with E-state index in [2.05, 4.69) is 36.1 Å². The third-order valence-corrected chi connectivity index (χ3v) is 5.06. The molecule has 0 radical (unpaired) electrons. The van der Waals surface area contributed by atoms with Crippen LogP contribution in [0, 0.1) is 0 Å². The van der Waals surface area contributed by atoms with E-state index in [0.29, 0.717) is 12.3 Å². The Labute approximate surface area is 162 Å². The number of rotatable bonds is 4. The monoisotopic (exact) mass is 386 g/mol. The number of aryl methyl sites for hydroxylation is 1. The van der Waals surface area contributed by atoms with Gasteiger partial charge >= 0.3 is 6.18 Å². The zero-order chi connectivity index (χ0) is 19.7. The molecule has 2 aromatic carbocycles. The molecule has 1 unspecified atom stereocenters. The summed E-state index contributed by atoms with van der Waals surface area (Å²) in [6.07, 6.45) is 0.217. The van der Waals surface area contributed by atoms with Crippen LogP contribution in [0.2, 0.25) is 0 Å². The van der Waals surface area contributed by atoms with Gasteiger partial charge in [0, 0.05) is 35.9 Å². The van der Waals surface area contributed by atoms with Crippen LogP contribution in [-0.2, 0) is 17.3 Å². The van der Waals surface area contributed by atoms with Gasteiger partial charge in [0.05, 0.1) is 12.2 Å². The number of halogens is 3. The fourth-order valence-corrected chi connectivity index (χ4v) is 3.48. The van der Waals surface area contributed by atoms with Crippen LogP contribution >= 0.6 is 0 Å². The van der Waals surface area contributed by atoms with Crippen molar-refractivity contribution in [1.29, 1.82) is 0 Å². The standard InChI is InChI=1S/C22H21F3N2O/c1-2-16-3-7-20(8-4-16)27-13-14-28-21(27)17-11-12-26(15-17)19-9-5-18(6-10-19)22(23,24)25/h3-12,15,21H,2,13-14H2,1H3. The number of nitrogens with zero attached hydrogens (tertiary/aromatic N) is 2. The van der Waals surface area contributed by atoms with E-state index < -0.39 is 11.7 Å². The summed E-state index contributed by atoms with van der Waals surface area (Å²) >= 11 is 0. The van der Waals surface area contributed by atoms with Gasteiger partial charge in [-0.3, -0.25) is 0 Å². The van der Waals surface area contributed by atoms with Crippen LogP contribution < -0.4 is 4.90 Å². The predicted molar refractivity (Wildman–Crippen MR) is 103 cm³/mol. The van der Waals surface area contributed by atoms with Gasteiger partial charge in [-0.05, 0) is 54.4 Å². The molecule has 1 aromatic heterocycles. The minimum Gasteiger partial charge on any atom is -0.352 e. The molecule has 146 valence electrons. The SMILES string of the molecule is CCc1ccc(N2CCOC2c2ccn(-c3ccc(C(F)(F)F)cc3)c2)cc1. The summed E-state index contributed by atoms with van der Waals surface area (Å²) in [4.78, 5) is 2.20. The molecule has 4 rings (SSSR count). The minimum absolute atomic E-state index is 0.205. The molecule has 2 heterocycles. The first-order chi connectivity index (χ1) is 13.5. The van der Waals surface area contributed by atoms with Crippen molar-refractivity contribution in [3.63, 3.8) is 0 Å². The van der Waals surface area contributed by atoms with E-state index in [1.54, 1.807) is 0 Å². The highest BCUT2D eigenvalue weighted by molar-refractivity contribution is 5.50. The van der Waals surface area contributed by atoms with Gasteiger partial charge in [-0.1, -0.05) is 19.1 Å². The highest BCUT2D eigenvalue weighted by Crippen LogP contribution is 2.33. The lowest BCUT2D eigenvalue weighted by Gasteiger charge is -2.24. The molecular formula is C22H21F3N2O. The molecule has 1 atom stereocenters. The molecular weight excluding hydrogens is 365 g/mol. The van der Waals surface area contributed by atoms with Gasteiger partial charge in [-0.15, -0.1) is 0 Å². The maximum absolute atomic E-state index is 12.8. The third-order valence-electron chi connectivity index (χ3n) is 5.06. The molecule has 28 heavy (non-hydrogen) atoms. The topological polar surface area (TPSA) is 17.4 Å². The van der Waals surface area contributed by atoms with Gasteiger partial charge in [0.15, 0.2) is 6.23 Å². The van der Waals surface area contributed by atoms with Crippen molar-refractivity contribution in [2.75, 3.05) is 18.1 Å². The maximum Gasteiger partial charge on any atom is 0.416 e. The summed E-state index contributed by atoms with van der Waals surface area (Å²) in [5.74, 6) is 0. The Hall–Kier alpha value is -2.73. The average molecular weight is 386 g/mol. The molecule has 3 nitrogen and oxygen atoms in total. The number of aromatic nitrogens is 1. The van der Waals surface area contributed by atoms with Crippen LogP contribution in [0.3, 0.4) is 0 Å². The highest BCUT2D eigenvalue weighted by Gasteiger charge is 2.30. The largest absolute Gasteiger partial charge is 0.416 e. The summed E-state index contributed by atoms with van der Waals surface area (Å²) < 4.78 is 46.0. The molecule has 0 N–H and O–H groups in total. The van der Waals surface area contributed by atoms with Crippen molar-refractivity contribution in [2.24, 2.45) is 0 Å². The number of benzene rings is 2. The van der Waals surface area contributed by atoms with E-state index in [-0.39, 0.29) is 6.23 Å². The van der Waals surface area contributed by atoms with Gasteiger partial charge in [-0.25, -0.2) is 0 Å².